The van der Waals surface area contributed by atoms with Crippen LogP contribution in [0.1, 0.15) is 10.4 Å². The molecular weight excluding hydrogens is 250 g/mol. The Bertz CT molecular complexity index is 730. The Morgan fingerprint density at radius 3 is 2.30 bits per heavy atom. The van der Waals surface area contributed by atoms with Crippen LogP contribution in [-0.4, -0.2) is 16.1 Å². The highest BCUT2D eigenvalue weighted by atomic mass is 16.1. The maximum atomic E-state index is 11.1. The second-order valence-corrected chi connectivity index (χ2v) is 4.47. The minimum atomic E-state index is -0.424. The van der Waals surface area contributed by atoms with Gasteiger partial charge < -0.3 is 5.73 Å². The monoisotopic (exact) mass is 263 g/mol. The van der Waals surface area contributed by atoms with Crippen molar-refractivity contribution in [1.29, 1.82) is 0 Å². The predicted molar refractivity (Wildman–Crippen MR) is 78.0 cm³/mol. The van der Waals surface area contributed by atoms with Gasteiger partial charge in [-0.05, 0) is 17.7 Å². The molecule has 3 rings (SSSR count). The number of benzene rings is 2. The average molecular weight is 263 g/mol. The topological polar surface area (TPSA) is 71.8 Å². The minimum Gasteiger partial charge on any atom is -0.366 e. The molecule has 2 aromatic carbocycles. The molecule has 0 saturated heterocycles. The molecule has 0 bridgehead atoms. The van der Waals surface area contributed by atoms with E-state index in [1.807, 2.05) is 42.5 Å². The molecule has 0 spiro atoms. The van der Waals surface area contributed by atoms with Crippen molar-refractivity contribution < 1.29 is 4.79 Å². The molecule has 4 heteroatoms. The summed E-state index contributed by atoms with van der Waals surface area (Å²) >= 11 is 0. The van der Waals surface area contributed by atoms with E-state index in [9.17, 15) is 4.79 Å². The highest BCUT2D eigenvalue weighted by Gasteiger charge is 2.10. The van der Waals surface area contributed by atoms with E-state index >= 15 is 0 Å². The van der Waals surface area contributed by atoms with Crippen molar-refractivity contribution in [3.05, 3.63) is 66.4 Å². The average Bonchev–Trinajstić information content (AvgIpc) is 2.97. The number of hydrogen-bond donors (Lipinski definition) is 2. The van der Waals surface area contributed by atoms with Gasteiger partial charge in [0.25, 0.3) is 0 Å². The largest absolute Gasteiger partial charge is 0.366 e. The van der Waals surface area contributed by atoms with Gasteiger partial charge in [-0.3, -0.25) is 9.89 Å². The van der Waals surface area contributed by atoms with Gasteiger partial charge in [-0.15, -0.1) is 0 Å². The first kappa shape index (κ1) is 12.2. The van der Waals surface area contributed by atoms with Gasteiger partial charge in [-0.2, -0.15) is 5.10 Å². The van der Waals surface area contributed by atoms with Gasteiger partial charge >= 0.3 is 0 Å². The van der Waals surface area contributed by atoms with Crippen molar-refractivity contribution in [3.63, 3.8) is 0 Å². The molecule has 0 fully saturated rings. The summed E-state index contributed by atoms with van der Waals surface area (Å²) in [6, 6.07) is 17.2. The number of rotatable bonds is 3. The van der Waals surface area contributed by atoms with Crippen molar-refractivity contribution >= 4 is 5.91 Å². The maximum absolute atomic E-state index is 11.1. The Kier molecular flexibility index (Phi) is 3.05. The Morgan fingerprint density at radius 1 is 0.950 bits per heavy atom. The maximum Gasteiger partial charge on any atom is 0.248 e. The summed E-state index contributed by atoms with van der Waals surface area (Å²) < 4.78 is 0. The number of nitrogens with two attached hydrogens (primary N) is 1. The molecule has 98 valence electrons. The summed E-state index contributed by atoms with van der Waals surface area (Å²) in [6.07, 6.45) is 1.78. The summed E-state index contributed by atoms with van der Waals surface area (Å²) in [5.41, 5.74) is 9.75. The highest BCUT2D eigenvalue weighted by Crippen LogP contribution is 2.29. The Labute approximate surface area is 116 Å². The van der Waals surface area contributed by atoms with Gasteiger partial charge in [0.15, 0.2) is 0 Å². The second-order valence-electron chi connectivity index (χ2n) is 4.47. The molecule has 3 aromatic rings. The van der Waals surface area contributed by atoms with Gasteiger partial charge in [0.1, 0.15) is 0 Å². The van der Waals surface area contributed by atoms with E-state index in [2.05, 4.69) is 10.2 Å². The number of nitrogens with one attached hydrogen (secondary N) is 1. The van der Waals surface area contributed by atoms with Gasteiger partial charge in [0.2, 0.25) is 5.91 Å². The van der Waals surface area contributed by atoms with Crippen molar-refractivity contribution in [2.45, 2.75) is 0 Å². The molecule has 0 saturated carbocycles. The number of aromatic amines is 1. The van der Waals surface area contributed by atoms with Gasteiger partial charge in [0, 0.05) is 16.7 Å². The summed E-state index contributed by atoms with van der Waals surface area (Å²) in [5.74, 6) is -0.424. The van der Waals surface area contributed by atoms with Crippen LogP contribution in [0.2, 0.25) is 0 Å². The van der Waals surface area contributed by atoms with Crippen LogP contribution in [0.15, 0.2) is 60.8 Å². The zero-order chi connectivity index (χ0) is 13.9. The lowest BCUT2D eigenvalue weighted by Gasteiger charge is -2.04. The van der Waals surface area contributed by atoms with Crippen LogP contribution in [-0.2, 0) is 0 Å². The van der Waals surface area contributed by atoms with Crippen molar-refractivity contribution in [1.82, 2.24) is 10.2 Å². The quantitative estimate of drug-likeness (QED) is 0.762. The lowest BCUT2D eigenvalue weighted by atomic mass is 10.0. The standard InChI is InChI=1S/C16H13N3O/c17-16(20)13-8-6-11(7-9-13)14-10-18-19-15(14)12-4-2-1-3-5-12/h1-10H,(H2,17,20)(H,18,19). The Hall–Kier alpha value is -2.88. The lowest BCUT2D eigenvalue weighted by molar-refractivity contribution is 0.100. The fourth-order valence-electron chi connectivity index (χ4n) is 2.14. The molecule has 20 heavy (non-hydrogen) atoms. The third kappa shape index (κ3) is 2.19. The Balaban J connectivity index is 2.04. The van der Waals surface area contributed by atoms with Crippen LogP contribution in [0, 0.1) is 0 Å². The number of carbonyl (C=O) groups excluding carboxylic acids is 1. The number of hydrogen-bond acceptors (Lipinski definition) is 2. The number of nitrogens with zero attached hydrogens (tertiary/aromatic N) is 1. The summed E-state index contributed by atoms with van der Waals surface area (Å²) in [7, 11) is 0. The zero-order valence-corrected chi connectivity index (χ0v) is 10.7. The van der Waals surface area contributed by atoms with Crippen LogP contribution < -0.4 is 5.73 Å². The summed E-state index contributed by atoms with van der Waals surface area (Å²) in [6.45, 7) is 0. The van der Waals surface area contributed by atoms with Gasteiger partial charge in [0.05, 0.1) is 11.9 Å². The van der Waals surface area contributed by atoms with E-state index in [1.54, 1.807) is 18.3 Å². The summed E-state index contributed by atoms with van der Waals surface area (Å²) in [5, 5.41) is 7.13. The fourth-order valence-corrected chi connectivity index (χ4v) is 2.14. The molecule has 0 unspecified atom stereocenters. The number of H-pyrrole nitrogens is 1. The van der Waals surface area contributed by atoms with Gasteiger partial charge in [-0.25, -0.2) is 0 Å². The zero-order valence-electron chi connectivity index (χ0n) is 10.7. The van der Waals surface area contributed by atoms with Gasteiger partial charge in [-0.1, -0.05) is 42.5 Å². The highest BCUT2D eigenvalue weighted by molar-refractivity contribution is 5.93. The number of aromatic nitrogens is 2. The van der Waals surface area contributed by atoms with Crippen LogP contribution in [0.3, 0.4) is 0 Å². The molecule has 0 aliphatic heterocycles. The SMILES string of the molecule is NC(=O)c1ccc(-c2cn[nH]c2-c2ccccc2)cc1. The van der Waals surface area contributed by atoms with E-state index < -0.39 is 5.91 Å². The fraction of sp³-hybridized carbons (Fsp3) is 0. The molecule has 0 aliphatic rings. The first-order valence-corrected chi connectivity index (χ1v) is 6.25. The minimum absolute atomic E-state index is 0.424. The molecular formula is C16H13N3O. The third-order valence-electron chi connectivity index (χ3n) is 3.18. The molecule has 1 amide bonds. The molecule has 1 aromatic heterocycles. The molecule has 0 aliphatic carbocycles. The molecule has 3 N–H and O–H groups in total. The molecule has 0 radical (unpaired) electrons. The predicted octanol–water partition coefficient (Wildman–Crippen LogP) is 2.84. The smallest absolute Gasteiger partial charge is 0.248 e. The van der Waals surface area contributed by atoms with E-state index in [4.69, 9.17) is 5.73 Å². The van der Waals surface area contributed by atoms with Crippen LogP contribution >= 0.6 is 0 Å². The Morgan fingerprint density at radius 2 is 1.65 bits per heavy atom. The van der Waals surface area contributed by atoms with Crippen LogP contribution in [0.5, 0.6) is 0 Å². The third-order valence-corrected chi connectivity index (χ3v) is 3.18. The van der Waals surface area contributed by atoms with E-state index in [0.29, 0.717) is 5.56 Å². The summed E-state index contributed by atoms with van der Waals surface area (Å²) in [4.78, 5) is 11.1. The van der Waals surface area contributed by atoms with Crippen molar-refractivity contribution in [2.24, 2.45) is 5.73 Å². The first-order valence-electron chi connectivity index (χ1n) is 6.25. The molecule has 4 nitrogen and oxygen atoms in total. The van der Waals surface area contributed by atoms with E-state index in [-0.39, 0.29) is 0 Å². The second kappa shape index (κ2) is 5.01. The molecule has 1 heterocycles. The van der Waals surface area contributed by atoms with E-state index in [1.165, 1.54) is 0 Å². The van der Waals surface area contributed by atoms with Crippen LogP contribution in [0.4, 0.5) is 0 Å². The van der Waals surface area contributed by atoms with E-state index in [0.717, 1.165) is 22.4 Å². The van der Waals surface area contributed by atoms with Crippen LogP contribution in [0.25, 0.3) is 22.4 Å². The lowest BCUT2D eigenvalue weighted by Crippen LogP contribution is -2.10. The van der Waals surface area contributed by atoms with Crippen molar-refractivity contribution in [3.8, 4) is 22.4 Å². The number of primary amides is 1. The normalized spacial score (nSPS) is 10.4. The number of carbonyl (C=O) groups is 1. The van der Waals surface area contributed by atoms with Crippen molar-refractivity contribution in [2.75, 3.05) is 0 Å². The molecule has 0 atom stereocenters. The number of amides is 1. The first-order chi connectivity index (χ1) is 9.75.